The first-order chi connectivity index (χ1) is 13.6. The number of carboxylic acid groups (broad SMARTS) is 1. The lowest BCUT2D eigenvalue weighted by Gasteiger charge is -2.23. The molecule has 156 valence electrons. The molecular weight excluding hydrogens is 393 g/mol. The Balaban J connectivity index is 2.28. The summed E-state index contributed by atoms with van der Waals surface area (Å²) in [6.45, 7) is 0.113. The Labute approximate surface area is 164 Å². The minimum atomic E-state index is -4.91. The van der Waals surface area contributed by atoms with Crippen LogP contribution in [0.25, 0.3) is 0 Å². The number of carbonyl (C=O) groups is 1. The standard InChI is InChI=1S/C19H19F3N2O5/c1-23(12-18(25)26)10-9-17(13-5-3-2-4-6-13)29-14-7-8-16(24(27)28)15(11-14)19(20,21)22/h2-8,11,17H,9-10,12H2,1H3,(H,25,26). The predicted molar refractivity (Wildman–Crippen MR) is 97.7 cm³/mol. The molecule has 0 aliphatic heterocycles. The number of hydrogen-bond acceptors (Lipinski definition) is 5. The summed E-state index contributed by atoms with van der Waals surface area (Å²) < 4.78 is 45.3. The number of nitro benzene ring substituents is 1. The fourth-order valence-corrected chi connectivity index (χ4v) is 2.75. The molecule has 0 saturated carbocycles. The monoisotopic (exact) mass is 412 g/mol. The molecule has 29 heavy (non-hydrogen) atoms. The normalized spacial score (nSPS) is 12.6. The van der Waals surface area contributed by atoms with Gasteiger partial charge in [0.2, 0.25) is 0 Å². The zero-order valence-electron chi connectivity index (χ0n) is 15.4. The summed E-state index contributed by atoms with van der Waals surface area (Å²) in [4.78, 5) is 22.1. The van der Waals surface area contributed by atoms with Crippen molar-refractivity contribution in [2.75, 3.05) is 20.1 Å². The van der Waals surface area contributed by atoms with Gasteiger partial charge in [0, 0.05) is 19.0 Å². The van der Waals surface area contributed by atoms with Crippen molar-refractivity contribution in [3.8, 4) is 5.75 Å². The SMILES string of the molecule is CN(CCC(Oc1ccc([N+](=O)[O-])c(C(F)(F)F)c1)c1ccccc1)CC(=O)O. The lowest BCUT2D eigenvalue weighted by atomic mass is 10.1. The first-order valence-corrected chi connectivity index (χ1v) is 8.55. The maximum absolute atomic E-state index is 13.2. The molecule has 1 atom stereocenters. The second-order valence-electron chi connectivity index (χ2n) is 6.37. The van der Waals surface area contributed by atoms with Crippen LogP contribution in [-0.2, 0) is 11.0 Å². The van der Waals surface area contributed by atoms with Crippen molar-refractivity contribution >= 4 is 11.7 Å². The van der Waals surface area contributed by atoms with Crippen LogP contribution in [0.3, 0.4) is 0 Å². The van der Waals surface area contributed by atoms with Crippen molar-refractivity contribution in [1.82, 2.24) is 4.90 Å². The zero-order valence-corrected chi connectivity index (χ0v) is 15.4. The number of alkyl halides is 3. The molecule has 0 aliphatic rings. The largest absolute Gasteiger partial charge is 0.486 e. The highest BCUT2D eigenvalue weighted by molar-refractivity contribution is 5.69. The highest BCUT2D eigenvalue weighted by Gasteiger charge is 2.38. The molecule has 0 amide bonds. The van der Waals surface area contributed by atoms with Gasteiger partial charge in [-0.1, -0.05) is 30.3 Å². The van der Waals surface area contributed by atoms with Gasteiger partial charge < -0.3 is 9.84 Å². The van der Waals surface area contributed by atoms with Crippen molar-refractivity contribution in [3.63, 3.8) is 0 Å². The van der Waals surface area contributed by atoms with E-state index in [1.165, 1.54) is 0 Å². The van der Waals surface area contributed by atoms with Crippen LogP contribution in [0.1, 0.15) is 23.7 Å². The van der Waals surface area contributed by atoms with E-state index in [4.69, 9.17) is 9.84 Å². The molecule has 2 rings (SSSR count). The van der Waals surface area contributed by atoms with Crippen LogP contribution in [-0.4, -0.2) is 41.0 Å². The predicted octanol–water partition coefficient (Wildman–Crippen LogP) is 4.14. The molecule has 0 radical (unpaired) electrons. The summed E-state index contributed by atoms with van der Waals surface area (Å²) >= 11 is 0. The first-order valence-electron chi connectivity index (χ1n) is 8.55. The average Bonchev–Trinajstić information content (AvgIpc) is 2.64. The number of ether oxygens (including phenoxy) is 1. The number of nitro groups is 1. The Bertz CT molecular complexity index is 859. The van der Waals surface area contributed by atoms with E-state index in [2.05, 4.69) is 0 Å². The highest BCUT2D eigenvalue weighted by atomic mass is 19.4. The van der Waals surface area contributed by atoms with E-state index < -0.39 is 34.4 Å². The number of aliphatic carboxylic acids is 1. The number of hydrogen-bond donors (Lipinski definition) is 1. The van der Waals surface area contributed by atoms with Gasteiger partial charge >= 0.3 is 12.1 Å². The molecule has 1 N–H and O–H groups in total. The molecule has 7 nitrogen and oxygen atoms in total. The number of likely N-dealkylation sites (N-methyl/N-ethyl adjacent to an activating group) is 1. The van der Waals surface area contributed by atoms with E-state index in [1.54, 1.807) is 42.3 Å². The van der Waals surface area contributed by atoms with Crippen molar-refractivity contribution < 1.29 is 32.7 Å². The number of carboxylic acids is 1. The van der Waals surface area contributed by atoms with Crippen LogP contribution in [0.4, 0.5) is 18.9 Å². The third-order valence-electron chi connectivity index (χ3n) is 4.10. The molecule has 2 aromatic carbocycles. The second-order valence-corrected chi connectivity index (χ2v) is 6.37. The second kappa shape index (κ2) is 9.37. The Morgan fingerprint density at radius 3 is 2.45 bits per heavy atom. The van der Waals surface area contributed by atoms with Crippen molar-refractivity contribution in [2.24, 2.45) is 0 Å². The first kappa shape index (κ1) is 22.2. The Kier molecular flexibility index (Phi) is 7.16. The smallest absolute Gasteiger partial charge is 0.423 e. The Morgan fingerprint density at radius 2 is 1.90 bits per heavy atom. The molecule has 1 unspecified atom stereocenters. The minimum Gasteiger partial charge on any atom is -0.486 e. The summed E-state index contributed by atoms with van der Waals surface area (Å²) in [6.07, 6.45) is -5.28. The number of rotatable bonds is 9. The van der Waals surface area contributed by atoms with Gasteiger partial charge in [-0.25, -0.2) is 0 Å². The molecule has 0 saturated heterocycles. The Morgan fingerprint density at radius 1 is 1.24 bits per heavy atom. The number of nitrogens with zero attached hydrogens (tertiary/aromatic N) is 2. The van der Waals surface area contributed by atoms with Crippen LogP contribution in [0, 0.1) is 10.1 Å². The maximum atomic E-state index is 13.2. The van der Waals surface area contributed by atoms with E-state index in [1.807, 2.05) is 0 Å². The maximum Gasteiger partial charge on any atom is 0.423 e. The fourth-order valence-electron chi connectivity index (χ4n) is 2.75. The summed E-state index contributed by atoms with van der Waals surface area (Å²) in [7, 11) is 1.60. The lowest BCUT2D eigenvalue weighted by molar-refractivity contribution is -0.388. The van der Waals surface area contributed by atoms with Crippen LogP contribution < -0.4 is 4.74 Å². The van der Waals surface area contributed by atoms with Crippen LogP contribution >= 0.6 is 0 Å². The van der Waals surface area contributed by atoms with Gasteiger partial charge in [0.05, 0.1) is 11.5 Å². The third kappa shape index (κ3) is 6.46. The molecule has 0 aliphatic carbocycles. The topological polar surface area (TPSA) is 92.9 Å². The summed E-state index contributed by atoms with van der Waals surface area (Å²) in [5.74, 6) is -1.17. The summed E-state index contributed by atoms with van der Waals surface area (Å²) in [5, 5.41) is 19.7. The summed E-state index contributed by atoms with van der Waals surface area (Å²) in [6, 6.07) is 11.2. The Hall–Kier alpha value is -3.14. The number of halogens is 3. The molecule has 0 fully saturated rings. The van der Waals surface area contributed by atoms with Gasteiger partial charge in [-0.2, -0.15) is 13.2 Å². The molecular formula is C19H19F3N2O5. The van der Waals surface area contributed by atoms with Crippen molar-refractivity contribution in [2.45, 2.75) is 18.7 Å². The van der Waals surface area contributed by atoms with E-state index >= 15 is 0 Å². The molecule has 0 spiro atoms. The van der Waals surface area contributed by atoms with Crippen LogP contribution in [0.15, 0.2) is 48.5 Å². The zero-order chi connectivity index (χ0) is 21.6. The molecule has 0 aromatic heterocycles. The van der Waals surface area contributed by atoms with E-state index in [9.17, 15) is 28.1 Å². The van der Waals surface area contributed by atoms with Crippen molar-refractivity contribution in [1.29, 1.82) is 0 Å². The minimum absolute atomic E-state index is 0.169. The average molecular weight is 412 g/mol. The van der Waals surface area contributed by atoms with Crippen LogP contribution in [0.5, 0.6) is 5.75 Å². The highest BCUT2D eigenvalue weighted by Crippen LogP contribution is 2.39. The van der Waals surface area contributed by atoms with Gasteiger partial charge in [-0.3, -0.25) is 19.8 Å². The molecule has 0 bridgehead atoms. The van der Waals surface area contributed by atoms with E-state index in [0.717, 1.165) is 12.1 Å². The van der Waals surface area contributed by atoms with Gasteiger partial charge in [-0.05, 0) is 24.7 Å². The van der Waals surface area contributed by atoms with E-state index in [0.29, 0.717) is 24.6 Å². The van der Waals surface area contributed by atoms with Gasteiger partial charge in [0.25, 0.3) is 5.69 Å². The summed E-state index contributed by atoms with van der Waals surface area (Å²) in [5.41, 5.74) is -1.76. The lowest BCUT2D eigenvalue weighted by Crippen LogP contribution is -2.28. The fraction of sp³-hybridized carbons (Fsp3) is 0.316. The van der Waals surface area contributed by atoms with E-state index in [-0.39, 0.29) is 12.3 Å². The molecule has 10 heteroatoms. The third-order valence-corrected chi connectivity index (χ3v) is 4.10. The number of benzene rings is 2. The quantitative estimate of drug-likeness (QED) is 0.492. The van der Waals surface area contributed by atoms with Gasteiger partial charge in [-0.15, -0.1) is 0 Å². The molecule has 2 aromatic rings. The van der Waals surface area contributed by atoms with Gasteiger partial charge in [0.1, 0.15) is 17.4 Å². The molecule has 0 heterocycles. The van der Waals surface area contributed by atoms with Crippen molar-refractivity contribution in [3.05, 3.63) is 69.8 Å². The van der Waals surface area contributed by atoms with Gasteiger partial charge in [0.15, 0.2) is 0 Å². The van der Waals surface area contributed by atoms with Crippen LogP contribution in [0.2, 0.25) is 0 Å².